The van der Waals surface area contributed by atoms with Crippen LogP contribution in [0.4, 0.5) is 5.69 Å². The van der Waals surface area contributed by atoms with Gasteiger partial charge in [0, 0.05) is 24.2 Å². The second-order valence-corrected chi connectivity index (χ2v) is 10.4. The van der Waals surface area contributed by atoms with Crippen LogP contribution in [0, 0.1) is 24.0 Å². The van der Waals surface area contributed by atoms with Crippen molar-refractivity contribution in [2.75, 3.05) is 6.54 Å². The van der Waals surface area contributed by atoms with Gasteiger partial charge in [-0.2, -0.15) is 0 Å². The monoisotopic (exact) mass is 560 g/mol. The Morgan fingerprint density at radius 3 is 2.29 bits per heavy atom. The molecule has 1 aromatic heterocycles. The van der Waals surface area contributed by atoms with Gasteiger partial charge in [-0.15, -0.1) is 0 Å². The highest BCUT2D eigenvalue weighted by Crippen LogP contribution is 2.29. The number of amides is 1. The summed E-state index contributed by atoms with van der Waals surface area (Å²) < 4.78 is 1.63. The zero-order valence-corrected chi connectivity index (χ0v) is 23.9. The third kappa shape index (κ3) is 5.69. The minimum absolute atomic E-state index is 0.0887. The van der Waals surface area contributed by atoms with Crippen molar-refractivity contribution in [1.29, 1.82) is 0 Å². The molecule has 212 valence electrons. The number of benzene rings is 4. The van der Waals surface area contributed by atoms with Gasteiger partial charge in [0.15, 0.2) is 0 Å². The zero-order valence-electron chi connectivity index (χ0n) is 23.9. The summed E-state index contributed by atoms with van der Waals surface area (Å²) in [6.07, 6.45) is 1.07. The predicted octanol–water partition coefficient (Wildman–Crippen LogP) is 6.75. The molecule has 4 aromatic carbocycles. The van der Waals surface area contributed by atoms with Gasteiger partial charge in [-0.1, -0.05) is 55.5 Å². The van der Waals surface area contributed by atoms with Crippen molar-refractivity contribution in [3.63, 3.8) is 0 Å². The highest BCUT2D eigenvalue weighted by atomic mass is 16.6. The summed E-state index contributed by atoms with van der Waals surface area (Å²) in [5, 5.41) is 11.7. The Kier molecular flexibility index (Phi) is 8.24. The van der Waals surface area contributed by atoms with E-state index in [4.69, 9.17) is 4.98 Å². The average molecular weight is 561 g/mol. The molecule has 5 rings (SSSR count). The maximum atomic E-state index is 14.2. The van der Waals surface area contributed by atoms with Crippen LogP contribution in [0.2, 0.25) is 0 Å². The highest BCUT2D eigenvalue weighted by molar-refractivity contribution is 5.94. The van der Waals surface area contributed by atoms with Crippen LogP contribution in [-0.4, -0.2) is 31.8 Å². The Labute approximate surface area is 244 Å². The van der Waals surface area contributed by atoms with E-state index >= 15 is 0 Å². The van der Waals surface area contributed by atoms with E-state index in [1.807, 2.05) is 87.5 Å². The number of carbonyl (C=O) groups is 1. The summed E-state index contributed by atoms with van der Waals surface area (Å²) in [5.74, 6) is 0.175. The van der Waals surface area contributed by atoms with Gasteiger partial charge in [0.2, 0.25) is 0 Å². The Morgan fingerprint density at radius 1 is 0.929 bits per heavy atom. The van der Waals surface area contributed by atoms with Gasteiger partial charge in [-0.3, -0.25) is 24.3 Å². The van der Waals surface area contributed by atoms with Gasteiger partial charge in [-0.05, 0) is 79.8 Å². The summed E-state index contributed by atoms with van der Waals surface area (Å²) >= 11 is 0. The van der Waals surface area contributed by atoms with Crippen molar-refractivity contribution in [1.82, 2.24) is 14.5 Å². The summed E-state index contributed by atoms with van der Waals surface area (Å²) in [6, 6.07) is 28.0. The first kappa shape index (κ1) is 28.4. The third-order valence-corrected chi connectivity index (χ3v) is 7.68. The molecule has 0 aliphatic rings. The summed E-state index contributed by atoms with van der Waals surface area (Å²) in [7, 11) is 0. The van der Waals surface area contributed by atoms with Crippen molar-refractivity contribution in [2.24, 2.45) is 0 Å². The number of carbonyl (C=O) groups excluding carboxylic acids is 1. The number of nitro groups is 1. The molecule has 0 saturated heterocycles. The lowest BCUT2D eigenvalue weighted by Gasteiger charge is -2.32. The van der Waals surface area contributed by atoms with Crippen LogP contribution in [0.25, 0.3) is 16.6 Å². The molecule has 0 saturated carbocycles. The summed E-state index contributed by atoms with van der Waals surface area (Å²) in [4.78, 5) is 45.7. The number of aromatic nitrogens is 2. The highest BCUT2D eigenvalue weighted by Gasteiger charge is 2.30. The molecule has 42 heavy (non-hydrogen) atoms. The van der Waals surface area contributed by atoms with Crippen LogP contribution in [0.15, 0.2) is 102 Å². The fourth-order valence-corrected chi connectivity index (χ4v) is 5.21. The molecule has 0 bridgehead atoms. The molecule has 5 aromatic rings. The predicted molar refractivity (Wildman–Crippen MR) is 164 cm³/mol. The Balaban J connectivity index is 1.68. The summed E-state index contributed by atoms with van der Waals surface area (Å²) in [6.45, 7) is 6.34. The number of nitro benzene ring substituents is 1. The topological polar surface area (TPSA) is 98.3 Å². The fraction of sp³-hybridized carbons (Fsp3) is 0.206. The summed E-state index contributed by atoms with van der Waals surface area (Å²) in [5.41, 5.74) is 4.47. The Hall–Kier alpha value is -5.11. The van der Waals surface area contributed by atoms with Gasteiger partial charge in [0.1, 0.15) is 5.82 Å². The lowest BCUT2D eigenvalue weighted by atomic mass is 10.0. The first-order valence-electron chi connectivity index (χ1n) is 14.0. The van der Waals surface area contributed by atoms with Crippen LogP contribution in [0.1, 0.15) is 52.3 Å². The number of hydrogen-bond acceptors (Lipinski definition) is 5. The van der Waals surface area contributed by atoms with Crippen molar-refractivity contribution in [3.05, 3.63) is 146 Å². The van der Waals surface area contributed by atoms with Crippen LogP contribution in [0.3, 0.4) is 0 Å². The van der Waals surface area contributed by atoms with Crippen molar-refractivity contribution in [3.8, 4) is 5.69 Å². The first-order chi connectivity index (χ1) is 20.3. The second kappa shape index (κ2) is 12.2. The molecule has 8 nitrogen and oxygen atoms in total. The van der Waals surface area contributed by atoms with Crippen LogP contribution >= 0.6 is 0 Å². The van der Waals surface area contributed by atoms with E-state index in [0.717, 1.165) is 16.7 Å². The largest absolute Gasteiger partial charge is 0.328 e. The zero-order chi connectivity index (χ0) is 29.8. The van der Waals surface area contributed by atoms with Crippen LogP contribution in [-0.2, 0) is 6.42 Å². The number of para-hydroxylation sites is 1. The average Bonchev–Trinajstić information content (AvgIpc) is 3.01. The first-order valence-corrected chi connectivity index (χ1v) is 14.0. The van der Waals surface area contributed by atoms with Crippen LogP contribution < -0.4 is 5.56 Å². The number of nitrogens with zero attached hydrogens (tertiary/aromatic N) is 4. The molecule has 1 unspecified atom stereocenters. The Morgan fingerprint density at radius 2 is 1.62 bits per heavy atom. The van der Waals surface area contributed by atoms with Crippen LogP contribution in [0.5, 0.6) is 0 Å². The van der Waals surface area contributed by atoms with E-state index < -0.39 is 11.0 Å². The van der Waals surface area contributed by atoms with E-state index in [2.05, 4.69) is 0 Å². The van der Waals surface area contributed by atoms with E-state index in [9.17, 15) is 19.7 Å². The second-order valence-electron chi connectivity index (χ2n) is 10.4. The fourth-order valence-electron chi connectivity index (χ4n) is 5.21. The molecule has 1 heterocycles. The number of fused-ring (bicyclic) bond motifs is 1. The van der Waals surface area contributed by atoms with Gasteiger partial charge in [0.25, 0.3) is 17.2 Å². The van der Waals surface area contributed by atoms with Crippen molar-refractivity contribution < 1.29 is 9.72 Å². The number of hydrogen-bond donors (Lipinski definition) is 0. The molecule has 0 N–H and O–H groups in total. The number of aryl methyl sites for hydroxylation is 2. The molecule has 8 heteroatoms. The van der Waals surface area contributed by atoms with Gasteiger partial charge < -0.3 is 4.90 Å². The standard InChI is InChI=1S/C34H32N4O4/c1-4-31(32-35-30-13-9-8-12-29(30)34(40)37(32)28-17-14-23(2)24(3)22-28)36(21-20-25-10-6-5-7-11-25)33(39)26-15-18-27(19-16-26)38(41)42/h5-19,22,31H,4,20-21H2,1-3H3. The molecule has 0 spiro atoms. The molecule has 1 atom stereocenters. The van der Waals surface area contributed by atoms with Gasteiger partial charge in [-0.25, -0.2) is 4.98 Å². The molecule has 1 amide bonds. The molecular formula is C34H32N4O4. The molecule has 0 radical (unpaired) electrons. The smallest absolute Gasteiger partial charge is 0.269 e. The van der Waals surface area contributed by atoms with Gasteiger partial charge in [0.05, 0.1) is 27.6 Å². The number of non-ortho nitro benzene ring substituents is 1. The minimum Gasteiger partial charge on any atom is -0.328 e. The molecule has 0 aliphatic heterocycles. The molecule has 0 fully saturated rings. The molecular weight excluding hydrogens is 528 g/mol. The van der Waals surface area contributed by atoms with E-state index in [0.29, 0.717) is 47.4 Å². The lowest BCUT2D eigenvalue weighted by molar-refractivity contribution is -0.384. The lowest BCUT2D eigenvalue weighted by Crippen LogP contribution is -2.39. The minimum atomic E-state index is -0.560. The third-order valence-electron chi connectivity index (χ3n) is 7.68. The van der Waals surface area contributed by atoms with Crippen molar-refractivity contribution >= 4 is 22.5 Å². The SMILES string of the molecule is CCC(c1nc2ccccc2c(=O)n1-c1ccc(C)c(C)c1)N(CCc1ccccc1)C(=O)c1ccc([N+](=O)[O-])cc1. The molecule has 0 aliphatic carbocycles. The van der Waals surface area contributed by atoms with Crippen molar-refractivity contribution in [2.45, 2.75) is 39.7 Å². The maximum Gasteiger partial charge on any atom is 0.269 e. The number of rotatable bonds is 9. The van der Waals surface area contributed by atoms with Gasteiger partial charge >= 0.3 is 0 Å². The van der Waals surface area contributed by atoms with E-state index in [1.165, 1.54) is 24.3 Å². The Bertz CT molecular complexity index is 1810. The maximum absolute atomic E-state index is 14.2. The quantitative estimate of drug-likeness (QED) is 0.147. The van der Waals surface area contributed by atoms with E-state index in [-0.39, 0.29) is 17.2 Å². The normalized spacial score (nSPS) is 11.8. The van der Waals surface area contributed by atoms with E-state index in [1.54, 1.807) is 15.5 Å².